The Labute approximate surface area is 161 Å². The Morgan fingerprint density at radius 1 is 1.24 bits per heavy atom. The Kier molecular flexibility index (Phi) is 5.99. The maximum atomic E-state index is 12.5. The lowest BCUT2D eigenvalue weighted by Gasteiger charge is -2.23. The van der Waals surface area contributed by atoms with Crippen molar-refractivity contribution in [3.05, 3.63) is 58.6 Å². The molecule has 3 nitrogen and oxygen atoms in total. The number of fused-ring (bicyclic) bond motifs is 1. The highest BCUT2D eigenvalue weighted by Gasteiger charge is 2.20. The predicted molar refractivity (Wildman–Crippen MR) is 108 cm³/mol. The van der Waals surface area contributed by atoms with Crippen molar-refractivity contribution in [3.8, 4) is 0 Å². The second-order valence-electron chi connectivity index (χ2n) is 5.75. The zero-order valence-electron chi connectivity index (χ0n) is 14.1. The number of aromatic nitrogens is 1. The van der Waals surface area contributed by atoms with Crippen LogP contribution in [0.4, 0.5) is 0 Å². The number of thioether (sulfide) groups is 1. The fourth-order valence-electron chi connectivity index (χ4n) is 2.41. The van der Waals surface area contributed by atoms with Crippen LogP contribution in [-0.2, 0) is 4.79 Å². The van der Waals surface area contributed by atoms with Crippen LogP contribution in [0.1, 0.15) is 24.4 Å². The van der Waals surface area contributed by atoms with Gasteiger partial charge in [-0.2, -0.15) is 0 Å². The number of benzene rings is 2. The van der Waals surface area contributed by atoms with Crippen LogP contribution in [-0.4, -0.2) is 28.6 Å². The molecule has 0 saturated carbocycles. The topological polar surface area (TPSA) is 33.2 Å². The quantitative estimate of drug-likeness (QED) is 0.510. The third kappa shape index (κ3) is 4.54. The molecule has 1 aromatic heterocycles. The predicted octanol–water partition coefficient (Wildman–Crippen LogP) is 5.65. The maximum absolute atomic E-state index is 12.5. The lowest BCUT2D eigenvalue weighted by molar-refractivity contribution is -0.131. The summed E-state index contributed by atoms with van der Waals surface area (Å²) in [6, 6.07) is 15.7. The van der Waals surface area contributed by atoms with Crippen LogP contribution in [0.3, 0.4) is 0 Å². The van der Waals surface area contributed by atoms with Crippen molar-refractivity contribution in [1.82, 2.24) is 9.88 Å². The minimum absolute atomic E-state index is 0.0227. The van der Waals surface area contributed by atoms with E-state index in [1.54, 1.807) is 28.0 Å². The second-order valence-corrected chi connectivity index (χ2v) is 8.42. The Hall–Kier alpha value is -1.56. The Balaban J connectivity index is 1.56. The normalized spacial score (nSPS) is 12.3. The molecular formula is C19H19ClN2OS2. The van der Waals surface area contributed by atoms with Crippen molar-refractivity contribution < 1.29 is 4.79 Å². The van der Waals surface area contributed by atoms with Crippen LogP contribution in [0.5, 0.6) is 0 Å². The van der Waals surface area contributed by atoms with Crippen LogP contribution in [0.2, 0.25) is 5.02 Å². The number of amides is 1. The molecule has 1 heterocycles. The second kappa shape index (κ2) is 8.21. The summed E-state index contributed by atoms with van der Waals surface area (Å²) in [5.41, 5.74) is 0.994. The zero-order chi connectivity index (χ0) is 17.8. The van der Waals surface area contributed by atoms with Gasteiger partial charge in [0.2, 0.25) is 5.91 Å². The van der Waals surface area contributed by atoms with Gasteiger partial charge in [0.1, 0.15) is 5.01 Å². The highest BCUT2D eigenvalue weighted by Crippen LogP contribution is 2.29. The number of rotatable bonds is 6. The molecule has 25 heavy (non-hydrogen) atoms. The van der Waals surface area contributed by atoms with Crippen LogP contribution in [0, 0.1) is 0 Å². The standard InChI is InChI=1S/C19H19ClN2OS2/c1-13(19-21-16-5-3-4-6-17(16)25-19)22(2)18(23)11-12-24-15-9-7-14(20)8-10-15/h3-10,13H,11-12H2,1-2H3/t13-/m1/s1. The fourth-order valence-corrected chi connectivity index (χ4v) is 4.44. The number of carbonyl (C=O) groups excluding carboxylic acids is 1. The third-order valence-corrected chi connectivity index (χ3v) is 6.51. The van der Waals surface area contributed by atoms with Gasteiger partial charge in [0.25, 0.3) is 0 Å². The molecule has 1 atom stereocenters. The molecule has 0 spiro atoms. The van der Waals surface area contributed by atoms with Crippen molar-refractivity contribution >= 4 is 50.8 Å². The van der Waals surface area contributed by atoms with Crippen molar-refractivity contribution in [2.75, 3.05) is 12.8 Å². The molecule has 2 aromatic carbocycles. The maximum Gasteiger partial charge on any atom is 0.223 e. The van der Waals surface area contributed by atoms with Gasteiger partial charge in [-0.15, -0.1) is 23.1 Å². The zero-order valence-corrected chi connectivity index (χ0v) is 16.5. The Morgan fingerprint density at radius 2 is 1.96 bits per heavy atom. The van der Waals surface area contributed by atoms with Gasteiger partial charge in [0.05, 0.1) is 16.3 Å². The van der Waals surface area contributed by atoms with E-state index in [1.165, 1.54) is 0 Å². The molecule has 0 aliphatic rings. The van der Waals surface area contributed by atoms with E-state index in [1.807, 2.05) is 56.4 Å². The van der Waals surface area contributed by atoms with Gasteiger partial charge < -0.3 is 4.90 Å². The summed E-state index contributed by atoms with van der Waals surface area (Å²) in [6.07, 6.45) is 0.499. The summed E-state index contributed by atoms with van der Waals surface area (Å²) in [5.74, 6) is 0.880. The molecular weight excluding hydrogens is 372 g/mol. The Morgan fingerprint density at radius 3 is 2.68 bits per heavy atom. The van der Waals surface area contributed by atoms with E-state index < -0.39 is 0 Å². The van der Waals surface area contributed by atoms with Gasteiger partial charge in [-0.1, -0.05) is 23.7 Å². The summed E-state index contributed by atoms with van der Waals surface area (Å²) in [7, 11) is 1.85. The number of thiazole rings is 1. The van der Waals surface area contributed by atoms with Crippen molar-refractivity contribution in [2.45, 2.75) is 24.3 Å². The molecule has 1 amide bonds. The minimum Gasteiger partial charge on any atom is -0.337 e. The van der Waals surface area contributed by atoms with Crippen LogP contribution < -0.4 is 0 Å². The highest BCUT2D eigenvalue weighted by atomic mass is 35.5. The SMILES string of the molecule is C[C@H](c1nc2ccccc2s1)N(C)C(=O)CCSc1ccc(Cl)cc1. The number of hydrogen-bond donors (Lipinski definition) is 0. The van der Waals surface area contributed by atoms with E-state index in [0.29, 0.717) is 6.42 Å². The van der Waals surface area contributed by atoms with Gasteiger partial charge in [-0.25, -0.2) is 4.98 Å². The number of halogens is 1. The first kappa shape index (κ1) is 18.2. The van der Waals surface area contributed by atoms with Gasteiger partial charge >= 0.3 is 0 Å². The van der Waals surface area contributed by atoms with Crippen LogP contribution in [0.15, 0.2) is 53.4 Å². The molecule has 6 heteroatoms. The Bertz CT molecular complexity index is 830. The first-order valence-electron chi connectivity index (χ1n) is 8.04. The first-order valence-corrected chi connectivity index (χ1v) is 10.2. The van der Waals surface area contributed by atoms with Gasteiger partial charge in [-0.3, -0.25) is 4.79 Å². The van der Waals surface area contributed by atoms with Crippen LogP contribution >= 0.6 is 34.7 Å². The summed E-state index contributed by atoms with van der Waals surface area (Å²) in [4.78, 5) is 20.1. The van der Waals surface area contributed by atoms with Gasteiger partial charge in [0.15, 0.2) is 0 Å². The highest BCUT2D eigenvalue weighted by molar-refractivity contribution is 7.99. The molecule has 0 N–H and O–H groups in total. The number of carbonyl (C=O) groups is 1. The van der Waals surface area contributed by atoms with Crippen molar-refractivity contribution in [1.29, 1.82) is 0 Å². The average molecular weight is 391 g/mol. The van der Waals surface area contributed by atoms with E-state index in [4.69, 9.17) is 11.6 Å². The van der Waals surface area contributed by atoms with E-state index in [9.17, 15) is 4.79 Å². The molecule has 0 unspecified atom stereocenters. The van der Waals surface area contributed by atoms with E-state index in [0.717, 1.165) is 30.9 Å². The molecule has 130 valence electrons. The van der Waals surface area contributed by atoms with Crippen LogP contribution in [0.25, 0.3) is 10.2 Å². The van der Waals surface area contributed by atoms with E-state index in [-0.39, 0.29) is 11.9 Å². The average Bonchev–Trinajstić information content (AvgIpc) is 3.06. The molecule has 3 rings (SSSR count). The molecule has 0 radical (unpaired) electrons. The smallest absolute Gasteiger partial charge is 0.223 e. The van der Waals surface area contributed by atoms with Crippen molar-refractivity contribution in [3.63, 3.8) is 0 Å². The minimum atomic E-state index is -0.0227. The molecule has 0 saturated heterocycles. The third-order valence-electron chi connectivity index (χ3n) is 4.04. The van der Waals surface area contributed by atoms with Gasteiger partial charge in [0, 0.05) is 29.1 Å². The lowest BCUT2D eigenvalue weighted by atomic mass is 10.3. The lowest BCUT2D eigenvalue weighted by Crippen LogP contribution is -2.29. The van der Waals surface area contributed by atoms with E-state index >= 15 is 0 Å². The molecule has 0 aliphatic carbocycles. The monoisotopic (exact) mass is 390 g/mol. The number of hydrogen-bond acceptors (Lipinski definition) is 4. The first-order chi connectivity index (χ1) is 12.0. The fraction of sp³-hybridized carbons (Fsp3) is 0.263. The number of nitrogens with zero attached hydrogens (tertiary/aromatic N) is 2. The number of para-hydroxylation sites is 1. The molecule has 0 fully saturated rings. The van der Waals surface area contributed by atoms with Crippen molar-refractivity contribution in [2.24, 2.45) is 0 Å². The van der Waals surface area contributed by atoms with Gasteiger partial charge in [-0.05, 0) is 43.3 Å². The summed E-state index contributed by atoms with van der Waals surface area (Å²) < 4.78 is 1.16. The molecule has 0 bridgehead atoms. The molecule has 0 aliphatic heterocycles. The summed E-state index contributed by atoms with van der Waals surface area (Å²) in [6.45, 7) is 2.03. The largest absolute Gasteiger partial charge is 0.337 e. The van der Waals surface area contributed by atoms with E-state index in [2.05, 4.69) is 11.1 Å². The summed E-state index contributed by atoms with van der Waals surface area (Å²) in [5, 5.41) is 1.70. The molecule has 3 aromatic rings. The summed E-state index contributed by atoms with van der Waals surface area (Å²) >= 11 is 9.20.